The van der Waals surface area contributed by atoms with Crippen molar-refractivity contribution in [2.75, 3.05) is 13.7 Å². The second-order valence-electron chi connectivity index (χ2n) is 5.12. The molecule has 0 aliphatic heterocycles. The van der Waals surface area contributed by atoms with E-state index >= 15 is 0 Å². The van der Waals surface area contributed by atoms with Crippen molar-refractivity contribution in [2.45, 2.75) is 36.5 Å². The Bertz CT molecular complexity index is 498. The number of thioether (sulfide) groups is 1. The summed E-state index contributed by atoms with van der Waals surface area (Å²) in [5.74, 6) is -0.383. The van der Waals surface area contributed by atoms with Crippen molar-refractivity contribution in [3.8, 4) is 0 Å². The number of rotatable bonds is 5. The van der Waals surface area contributed by atoms with Gasteiger partial charge in [-0.15, -0.1) is 11.8 Å². The molecule has 3 atom stereocenters. The van der Waals surface area contributed by atoms with Gasteiger partial charge >= 0.3 is 5.97 Å². The smallest absolute Gasteiger partial charge is 0.311 e. The van der Waals surface area contributed by atoms with Crippen LogP contribution in [-0.4, -0.2) is 31.0 Å². The third-order valence-electron chi connectivity index (χ3n) is 3.68. The molecule has 0 amide bonds. The van der Waals surface area contributed by atoms with E-state index in [1.54, 1.807) is 18.9 Å². The first kappa shape index (κ1) is 16.1. The summed E-state index contributed by atoms with van der Waals surface area (Å²) in [6.07, 6.45) is 2.63. The largest absolute Gasteiger partial charge is 0.466 e. The van der Waals surface area contributed by atoms with Crippen LogP contribution in [0, 0.1) is 5.92 Å². The molecule has 0 fully saturated rings. The minimum Gasteiger partial charge on any atom is -0.466 e. The number of esters is 1. The number of methoxy groups -OCH3 is 1. The van der Waals surface area contributed by atoms with Crippen molar-refractivity contribution in [2.24, 2.45) is 5.92 Å². The van der Waals surface area contributed by atoms with Crippen LogP contribution in [0.5, 0.6) is 0 Å². The van der Waals surface area contributed by atoms with E-state index in [1.165, 1.54) is 10.5 Å². The van der Waals surface area contributed by atoms with Crippen LogP contribution in [0.15, 0.2) is 46.9 Å². The highest BCUT2D eigenvalue weighted by molar-refractivity contribution is 8.00. The van der Waals surface area contributed by atoms with Crippen LogP contribution in [0.1, 0.15) is 20.3 Å². The molecule has 21 heavy (non-hydrogen) atoms. The molecule has 4 heteroatoms. The third kappa shape index (κ3) is 4.11. The molecule has 0 aromatic heterocycles. The summed E-state index contributed by atoms with van der Waals surface area (Å²) in [5.41, 5.74) is 1.26. The van der Waals surface area contributed by atoms with E-state index in [1.807, 2.05) is 25.1 Å². The molecular formula is C17H22O3S. The molecule has 1 aromatic rings. The Morgan fingerprint density at radius 1 is 1.33 bits per heavy atom. The lowest BCUT2D eigenvalue weighted by Crippen LogP contribution is -2.36. The van der Waals surface area contributed by atoms with Gasteiger partial charge in [-0.2, -0.15) is 0 Å². The van der Waals surface area contributed by atoms with Crippen molar-refractivity contribution in [1.82, 2.24) is 0 Å². The molecule has 0 heterocycles. The van der Waals surface area contributed by atoms with Gasteiger partial charge in [0.05, 0.1) is 18.6 Å². The zero-order valence-electron chi connectivity index (χ0n) is 12.7. The van der Waals surface area contributed by atoms with Crippen LogP contribution in [0.3, 0.4) is 0 Å². The standard InChI is InChI=1S/C17H22O3S/c1-4-20-17(18)14-11-16(12(2)10-15(14)19-3)21-13-8-6-5-7-9-13/h5-10,14-16H,4,11H2,1-3H3/t14-,15+,16+/m0/s1. The average molecular weight is 306 g/mol. The summed E-state index contributed by atoms with van der Waals surface area (Å²) in [6.45, 7) is 4.35. The fraction of sp³-hybridized carbons (Fsp3) is 0.471. The van der Waals surface area contributed by atoms with E-state index in [9.17, 15) is 4.79 Å². The molecule has 0 saturated carbocycles. The molecule has 1 aliphatic carbocycles. The van der Waals surface area contributed by atoms with Crippen LogP contribution in [-0.2, 0) is 14.3 Å². The quantitative estimate of drug-likeness (QED) is 0.614. The van der Waals surface area contributed by atoms with Gasteiger partial charge in [0, 0.05) is 17.3 Å². The van der Waals surface area contributed by atoms with E-state index in [0.717, 1.165) is 6.42 Å². The number of carbonyl (C=O) groups excluding carboxylic acids is 1. The highest BCUT2D eigenvalue weighted by atomic mass is 32.2. The Balaban J connectivity index is 2.14. The van der Waals surface area contributed by atoms with Gasteiger partial charge in [-0.1, -0.05) is 29.8 Å². The fourth-order valence-corrected chi connectivity index (χ4v) is 3.76. The Labute approximate surface area is 130 Å². The highest BCUT2D eigenvalue weighted by Crippen LogP contribution is 2.37. The SMILES string of the molecule is CCOC(=O)[C@H]1C[C@@H](Sc2ccccc2)C(C)=C[C@H]1OC. The molecule has 1 aromatic carbocycles. The maximum Gasteiger partial charge on any atom is 0.311 e. The van der Waals surface area contributed by atoms with Crippen LogP contribution in [0.4, 0.5) is 0 Å². The van der Waals surface area contributed by atoms with Crippen molar-refractivity contribution in [3.05, 3.63) is 42.0 Å². The fourth-order valence-electron chi connectivity index (χ4n) is 2.55. The molecule has 0 unspecified atom stereocenters. The average Bonchev–Trinajstić information content (AvgIpc) is 2.50. The third-order valence-corrected chi connectivity index (χ3v) is 5.08. The van der Waals surface area contributed by atoms with E-state index in [-0.39, 0.29) is 23.2 Å². The Morgan fingerprint density at radius 2 is 2.05 bits per heavy atom. The second kappa shape index (κ2) is 7.66. The molecule has 3 nitrogen and oxygen atoms in total. The van der Waals surface area contributed by atoms with Crippen molar-refractivity contribution in [3.63, 3.8) is 0 Å². The van der Waals surface area contributed by atoms with Crippen molar-refractivity contribution < 1.29 is 14.3 Å². The lowest BCUT2D eigenvalue weighted by Gasteiger charge is -2.32. The number of hydrogen-bond acceptors (Lipinski definition) is 4. The first-order chi connectivity index (χ1) is 10.2. The molecule has 1 aliphatic rings. The summed E-state index contributed by atoms with van der Waals surface area (Å²) >= 11 is 1.79. The molecule has 0 spiro atoms. The number of ether oxygens (including phenoxy) is 2. The number of hydrogen-bond donors (Lipinski definition) is 0. The summed E-state index contributed by atoms with van der Waals surface area (Å²) in [5, 5.41) is 0.285. The zero-order chi connectivity index (χ0) is 15.2. The van der Waals surface area contributed by atoms with Crippen LogP contribution in [0.25, 0.3) is 0 Å². The maximum atomic E-state index is 12.1. The van der Waals surface area contributed by atoms with Gasteiger partial charge in [0.15, 0.2) is 0 Å². The van der Waals surface area contributed by atoms with E-state index in [0.29, 0.717) is 6.61 Å². The van der Waals surface area contributed by atoms with Crippen molar-refractivity contribution in [1.29, 1.82) is 0 Å². The minimum absolute atomic E-state index is 0.160. The van der Waals surface area contributed by atoms with Gasteiger partial charge in [-0.05, 0) is 32.4 Å². The molecule has 114 valence electrons. The first-order valence-corrected chi connectivity index (χ1v) is 8.13. The lowest BCUT2D eigenvalue weighted by molar-refractivity contribution is -0.152. The Morgan fingerprint density at radius 3 is 2.67 bits per heavy atom. The van der Waals surface area contributed by atoms with Crippen molar-refractivity contribution >= 4 is 17.7 Å². The zero-order valence-corrected chi connectivity index (χ0v) is 13.6. The van der Waals surface area contributed by atoms with Gasteiger partial charge in [-0.3, -0.25) is 4.79 Å². The molecular weight excluding hydrogens is 284 g/mol. The van der Waals surface area contributed by atoms with E-state index in [4.69, 9.17) is 9.47 Å². The van der Waals surface area contributed by atoms with Crippen LogP contribution in [0.2, 0.25) is 0 Å². The molecule has 0 radical (unpaired) electrons. The summed E-state index contributed by atoms with van der Waals surface area (Å²) in [7, 11) is 1.64. The summed E-state index contributed by atoms with van der Waals surface area (Å²) in [6, 6.07) is 10.3. The normalized spacial score (nSPS) is 25.3. The first-order valence-electron chi connectivity index (χ1n) is 7.25. The van der Waals surface area contributed by atoms with E-state index in [2.05, 4.69) is 25.1 Å². The summed E-state index contributed by atoms with van der Waals surface area (Å²) < 4.78 is 10.6. The Hall–Kier alpha value is -1.26. The molecule has 0 saturated heterocycles. The molecule has 0 N–H and O–H groups in total. The lowest BCUT2D eigenvalue weighted by atomic mass is 9.87. The van der Waals surface area contributed by atoms with Gasteiger partial charge < -0.3 is 9.47 Å². The predicted molar refractivity (Wildman–Crippen MR) is 85.4 cm³/mol. The second-order valence-corrected chi connectivity index (χ2v) is 6.40. The molecule has 0 bridgehead atoms. The maximum absolute atomic E-state index is 12.1. The van der Waals surface area contributed by atoms with Gasteiger partial charge in [0.2, 0.25) is 0 Å². The van der Waals surface area contributed by atoms with Crippen LogP contribution >= 0.6 is 11.8 Å². The number of carbonyl (C=O) groups is 1. The van der Waals surface area contributed by atoms with Crippen LogP contribution < -0.4 is 0 Å². The van der Waals surface area contributed by atoms with Gasteiger partial charge in [0.25, 0.3) is 0 Å². The van der Waals surface area contributed by atoms with E-state index < -0.39 is 0 Å². The van der Waals surface area contributed by atoms with Gasteiger partial charge in [0.1, 0.15) is 0 Å². The monoisotopic (exact) mass is 306 g/mol. The minimum atomic E-state index is -0.222. The highest BCUT2D eigenvalue weighted by Gasteiger charge is 2.35. The summed E-state index contributed by atoms with van der Waals surface area (Å²) in [4.78, 5) is 13.3. The predicted octanol–water partition coefficient (Wildman–Crippen LogP) is 3.69. The Kier molecular flexibility index (Phi) is 5.88. The number of benzene rings is 1. The van der Waals surface area contributed by atoms with Gasteiger partial charge in [-0.25, -0.2) is 0 Å². The topological polar surface area (TPSA) is 35.5 Å². The molecule has 2 rings (SSSR count).